The summed E-state index contributed by atoms with van der Waals surface area (Å²) >= 11 is 12.8. The normalized spacial score (nSPS) is 11.2. The second-order valence-electron chi connectivity index (χ2n) is 4.25. The van der Waals surface area contributed by atoms with Crippen LogP contribution in [0.3, 0.4) is 0 Å². The lowest BCUT2D eigenvalue weighted by molar-refractivity contribution is 0.629. The van der Waals surface area contributed by atoms with Crippen LogP contribution in [0.4, 0.5) is 4.39 Å². The molecule has 6 heteroatoms. The summed E-state index contributed by atoms with van der Waals surface area (Å²) in [6, 6.07) is 10.9. The van der Waals surface area contributed by atoms with E-state index >= 15 is 0 Å². The first kappa shape index (κ1) is 13.7. The topological polar surface area (TPSA) is 20.7 Å². The molecule has 0 radical (unpaired) electrons. The molecule has 0 saturated carbocycles. The lowest BCUT2D eigenvalue weighted by atomic mass is 10.2. The van der Waals surface area contributed by atoms with E-state index in [1.54, 1.807) is 17.8 Å². The Hall–Kier alpha value is -1.30. The van der Waals surface area contributed by atoms with E-state index < -0.39 is 5.82 Å². The Morgan fingerprint density at radius 2 is 2.10 bits per heavy atom. The van der Waals surface area contributed by atoms with Gasteiger partial charge in [-0.3, -0.25) is 4.57 Å². The van der Waals surface area contributed by atoms with Crippen molar-refractivity contribution in [2.75, 3.05) is 6.26 Å². The molecule has 1 heterocycles. The fraction of sp³-hybridized carbons (Fsp3) is 0.0714. The molecule has 102 valence electrons. The Morgan fingerprint density at radius 1 is 1.30 bits per heavy atom. The maximum Gasteiger partial charge on any atom is 0.182 e. The Bertz CT molecular complexity index is 854. The number of imidazole rings is 1. The molecule has 1 N–H and O–H groups in total. The molecular formula is C14H10ClFN2S2. The molecule has 0 aliphatic carbocycles. The molecule has 0 atom stereocenters. The van der Waals surface area contributed by atoms with Crippen LogP contribution in [0.5, 0.6) is 0 Å². The largest absolute Gasteiger partial charge is 0.330 e. The molecule has 2 nitrogen and oxygen atoms in total. The quantitative estimate of drug-likeness (QED) is 0.516. The van der Waals surface area contributed by atoms with E-state index in [1.165, 1.54) is 6.07 Å². The first-order chi connectivity index (χ1) is 9.60. The van der Waals surface area contributed by atoms with Gasteiger partial charge in [0.25, 0.3) is 0 Å². The van der Waals surface area contributed by atoms with Crippen LogP contribution >= 0.6 is 35.6 Å². The van der Waals surface area contributed by atoms with Crippen LogP contribution < -0.4 is 0 Å². The van der Waals surface area contributed by atoms with E-state index in [0.29, 0.717) is 10.3 Å². The third kappa shape index (κ3) is 2.26. The summed E-state index contributed by atoms with van der Waals surface area (Å²) in [5, 5.41) is 0.0822. The van der Waals surface area contributed by atoms with Crippen molar-refractivity contribution >= 4 is 46.6 Å². The first-order valence-electron chi connectivity index (χ1n) is 5.84. The van der Waals surface area contributed by atoms with Gasteiger partial charge in [-0.05, 0) is 42.7 Å². The number of hydrogen-bond acceptors (Lipinski definition) is 2. The number of benzene rings is 2. The van der Waals surface area contributed by atoms with Gasteiger partial charge in [0.05, 0.1) is 16.1 Å². The minimum atomic E-state index is -0.456. The Balaban J connectivity index is 2.32. The van der Waals surface area contributed by atoms with Gasteiger partial charge >= 0.3 is 0 Å². The van der Waals surface area contributed by atoms with Gasteiger partial charge in [-0.15, -0.1) is 11.8 Å². The number of nitrogens with zero attached hydrogens (tertiary/aromatic N) is 1. The molecule has 0 spiro atoms. The van der Waals surface area contributed by atoms with Gasteiger partial charge in [-0.2, -0.15) is 0 Å². The second-order valence-corrected chi connectivity index (χ2v) is 5.92. The zero-order valence-corrected chi connectivity index (χ0v) is 12.9. The summed E-state index contributed by atoms with van der Waals surface area (Å²) in [6.45, 7) is 0. The van der Waals surface area contributed by atoms with Crippen molar-refractivity contribution in [2.24, 2.45) is 0 Å². The van der Waals surface area contributed by atoms with Crippen molar-refractivity contribution in [1.82, 2.24) is 9.55 Å². The smallest absolute Gasteiger partial charge is 0.182 e. The Morgan fingerprint density at radius 3 is 2.85 bits per heavy atom. The molecule has 3 aromatic rings. The van der Waals surface area contributed by atoms with E-state index in [0.717, 1.165) is 16.1 Å². The van der Waals surface area contributed by atoms with Crippen molar-refractivity contribution in [3.8, 4) is 5.69 Å². The molecule has 0 aliphatic rings. The molecule has 0 saturated heterocycles. The maximum absolute atomic E-state index is 13.7. The van der Waals surface area contributed by atoms with E-state index in [2.05, 4.69) is 4.98 Å². The van der Waals surface area contributed by atoms with E-state index in [4.69, 9.17) is 23.8 Å². The fourth-order valence-electron chi connectivity index (χ4n) is 2.11. The molecule has 0 amide bonds. The highest BCUT2D eigenvalue weighted by Gasteiger charge is 2.10. The molecule has 2 aromatic carbocycles. The SMILES string of the molecule is CSc1cccc(-n2c(=S)[nH]c3cc(Cl)c(F)cc32)c1. The van der Waals surface area contributed by atoms with Gasteiger partial charge in [0.2, 0.25) is 0 Å². The summed E-state index contributed by atoms with van der Waals surface area (Å²) in [7, 11) is 0. The fourth-order valence-corrected chi connectivity index (χ4v) is 3.04. The molecule has 20 heavy (non-hydrogen) atoms. The van der Waals surface area contributed by atoms with Crippen molar-refractivity contribution in [2.45, 2.75) is 4.90 Å². The number of hydrogen-bond donors (Lipinski definition) is 1. The van der Waals surface area contributed by atoms with Crippen LogP contribution in [0.2, 0.25) is 5.02 Å². The molecule has 0 bridgehead atoms. The summed E-state index contributed by atoms with van der Waals surface area (Å²) in [6.07, 6.45) is 2.01. The average molecular weight is 325 g/mol. The first-order valence-corrected chi connectivity index (χ1v) is 7.85. The second kappa shape index (κ2) is 5.24. The highest BCUT2D eigenvalue weighted by molar-refractivity contribution is 7.98. The molecule has 3 rings (SSSR count). The van der Waals surface area contributed by atoms with Crippen LogP contribution in [-0.4, -0.2) is 15.8 Å². The van der Waals surface area contributed by atoms with Gasteiger partial charge in [-0.25, -0.2) is 4.39 Å². The standard InChI is InChI=1S/C14H10ClFN2S2/c1-20-9-4-2-3-8(5-9)18-13-7-11(16)10(15)6-12(13)17-14(18)19/h2-7H,1H3,(H,17,19). The Kier molecular flexibility index (Phi) is 3.58. The number of H-pyrrole nitrogens is 1. The zero-order valence-electron chi connectivity index (χ0n) is 10.5. The van der Waals surface area contributed by atoms with Crippen molar-refractivity contribution in [3.05, 3.63) is 52.0 Å². The molecule has 0 unspecified atom stereocenters. The highest BCUT2D eigenvalue weighted by Crippen LogP contribution is 2.26. The number of fused-ring (bicyclic) bond motifs is 1. The zero-order chi connectivity index (χ0) is 14.3. The monoisotopic (exact) mass is 324 g/mol. The minimum absolute atomic E-state index is 0.0822. The summed E-state index contributed by atoms with van der Waals surface area (Å²) in [5.41, 5.74) is 2.29. The van der Waals surface area contributed by atoms with Crippen LogP contribution in [0.1, 0.15) is 0 Å². The summed E-state index contributed by atoms with van der Waals surface area (Å²) < 4.78 is 16.0. The maximum atomic E-state index is 13.7. The highest BCUT2D eigenvalue weighted by atomic mass is 35.5. The number of thioether (sulfide) groups is 1. The molecule has 0 fully saturated rings. The van der Waals surface area contributed by atoms with Crippen molar-refractivity contribution in [1.29, 1.82) is 0 Å². The number of aromatic nitrogens is 2. The van der Waals surface area contributed by atoms with Gasteiger partial charge < -0.3 is 4.98 Å². The summed E-state index contributed by atoms with van der Waals surface area (Å²) in [4.78, 5) is 4.17. The molecule has 1 aromatic heterocycles. The third-order valence-electron chi connectivity index (χ3n) is 3.04. The third-order valence-corrected chi connectivity index (χ3v) is 4.34. The van der Waals surface area contributed by atoms with Gasteiger partial charge in [-0.1, -0.05) is 17.7 Å². The van der Waals surface area contributed by atoms with Crippen molar-refractivity contribution in [3.63, 3.8) is 0 Å². The van der Waals surface area contributed by atoms with Crippen LogP contribution in [0.15, 0.2) is 41.3 Å². The number of halogens is 2. The number of rotatable bonds is 2. The van der Waals surface area contributed by atoms with Gasteiger partial charge in [0, 0.05) is 16.6 Å². The van der Waals surface area contributed by atoms with E-state index in [-0.39, 0.29) is 5.02 Å². The average Bonchev–Trinajstić information content (AvgIpc) is 2.74. The van der Waals surface area contributed by atoms with Gasteiger partial charge in [0.15, 0.2) is 4.77 Å². The number of aromatic amines is 1. The Labute approximate surface area is 129 Å². The predicted octanol–water partition coefficient (Wildman–Crippen LogP) is 5.20. The summed E-state index contributed by atoms with van der Waals surface area (Å²) in [5.74, 6) is -0.456. The van der Waals surface area contributed by atoms with Crippen LogP contribution in [0.25, 0.3) is 16.7 Å². The molecular weight excluding hydrogens is 315 g/mol. The lowest BCUT2D eigenvalue weighted by Gasteiger charge is -2.06. The van der Waals surface area contributed by atoms with Gasteiger partial charge in [0.1, 0.15) is 5.82 Å². The van der Waals surface area contributed by atoms with E-state index in [9.17, 15) is 4.39 Å². The molecule has 0 aliphatic heterocycles. The minimum Gasteiger partial charge on any atom is -0.330 e. The number of nitrogens with one attached hydrogen (secondary N) is 1. The van der Waals surface area contributed by atoms with Crippen LogP contribution in [0, 0.1) is 10.6 Å². The van der Waals surface area contributed by atoms with Crippen LogP contribution in [-0.2, 0) is 0 Å². The van der Waals surface area contributed by atoms with Crippen molar-refractivity contribution < 1.29 is 4.39 Å². The lowest BCUT2D eigenvalue weighted by Crippen LogP contribution is -1.94. The predicted molar refractivity (Wildman–Crippen MR) is 85.2 cm³/mol. The van der Waals surface area contributed by atoms with E-state index in [1.807, 2.05) is 35.1 Å².